The molecule has 0 aromatic rings. The van der Waals surface area contributed by atoms with E-state index in [-0.39, 0.29) is 25.0 Å². The Hall–Kier alpha value is -1.30. The summed E-state index contributed by atoms with van der Waals surface area (Å²) in [7, 11) is 1.56. The maximum Gasteiger partial charge on any atom is 0.317 e. The molecule has 0 aliphatic rings. The zero-order valence-corrected chi connectivity index (χ0v) is 12.4. The Morgan fingerprint density at radius 1 is 1.32 bits per heavy atom. The first kappa shape index (κ1) is 17.7. The summed E-state index contributed by atoms with van der Waals surface area (Å²) in [5.74, 6) is -1.23. The van der Waals surface area contributed by atoms with Crippen molar-refractivity contribution >= 4 is 12.0 Å². The number of amides is 2. The van der Waals surface area contributed by atoms with Gasteiger partial charge in [-0.1, -0.05) is 13.8 Å². The Balaban J connectivity index is 4.29. The molecular formula is C13H26N2O4. The van der Waals surface area contributed by atoms with Crippen LogP contribution in [0.2, 0.25) is 0 Å². The number of nitrogens with zero attached hydrogens (tertiary/aromatic N) is 1. The average Bonchev–Trinajstić information content (AvgIpc) is 2.20. The first-order valence-corrected chi connectivity index (χ1v) is 6.47. The second-order valence-electron chi connectivity index (χ2n) is 6.02. The highest BCUT2D eigenvalue weighted by Gasteiger charge is 2.22. The number of carboxylic acid groups (broad SMARTS) is 1. The molecule has 2 amide bonds. The van der Waals surface area contributed by atoms with Crippen molar-refractivity contribution in [3.63, 3.8) is 0 Å². The Bertz CT molecular complexity index is 310. The lowest BCUT2D eigenvalue weighted by Gasteiger charge is -2.26. The van der Waals surface area contributed by atoms with Crippen LogP contribution in [-0.4, -0.2) is 52.9 Å². The summed E-state index contributed by atoms with van der Waals surface area (Å²) in [6.07, 6.45) is 0.519. The van der Waals surface area contributed by atoms with Gasteiger partial charge in [0.15, 0.2) is 0 Å². The van der Waals surface area contributed by atoms with E-state index < -0.39 is 17.5 Å². The molecule has 0 aliphatic heterocycles. The van der Waals surface area contributed by atoms with Crippen LogP contribution in [0.3, 0.4) is 0 Å². The van der Waals surface area contributed by atoms with Gasteiger partial charge in [0.05, 0.1) is 18.1 Å². The molecule has 0 spiro atoms. The fraction of sp³-hybridized carbons (Fsp3) is 0.846. The van der Waals surface area contributed by atoms with Crippen LogP contribution < -0.4 is 5.32 Å². The minimum atomic E-state index is -0.976. The molecule has 0 rings (SSSR count). The number of aliphatic hydroxyl groups is 1. The van der Waals surface area contributed by atoms with E-state index in [1.54, 1.807) is 20.9 Å². The van der Waals surface area contributed by atoms with Gasteiger partial charge in [0.25, 0.3) is 0 Å². The van der Waals surface area contributed by atoms with Crippen molar-refractivity contribution in [2.24, 2.45) is 11.8 Å². The number of hydrogen-bond donors (Lipinski definition) is 3. The third kappa shape index (κ3) is 8.42. The number of rotatable bonds is 7. The highest BCUT2D eigenvalue weighted by atomic mass is 16.4. The molecule has 0 aromatic heterocycles. The molecule has 1 unspecified atom stereocenters. The normalized spacial score (nSPS) is 13.2. The minimum absolute atomic E-state index is 0.0997. The summed E-state index contributed by atoms with van der Waals surface area (Å²) in [6, 6.07) is -0.378. The van der Waals surface area contributed by atoms with Crippen molar-refractivity contribution in [2.75, 3.05) is 20.1 Å². The fourth-order valence-electron chi connectivity index (χ4n) is 1.84. The lowest BCUT2D eigenvalue weighted by atomic mass is 9.97. The zero-order valence-electron chi connectivity index (χ0n) is 12.4. The number of nitrogens with one attached hydrogen (secondary N) is 1. The SMILES string of the molecule is CC(C)CC(CNC(=O)N(C)CC(C)(C)O)C(=O)O. The van der Waals surface area contributed by atoms with Gasteiger partial charge >= 0.3 is 12.0 Å². The van der Waals surface area contributed by atoms with Crippen LogP contribution >= 0.6 is 0 Å². The van der Waals surface area contributed by atoms with Gasteiger partial charge in [-0.25, -0.2) is 4.79 Å². The third-order valence-corrected chi connectivity index (χ3v) is 2.58. The van der Waals surface area contributed by atoms with Crippen LogP contribution in [0.4, 0.5) is 4.79 Å². The van der Waals surface area contributed by atoms with Crippen LogP contribution in [0.25, 0.3) is 0 Å². The first-order valence-electron chi connectivity index (χ1n) is 6.47. The van der Waals surface area contributed by atoms with Gasteiger partial charge in [0, 0.05) is 13.6 Å². The molecule has 0 aromatic carbocycles. The molecule has 6 heteroatoms. The highest BCUT2D eigenvalue weighted by Crippen LogP contribution is 2.11. The quantitative estimate of drug-likeness (QED) is 0.649. The molecule has 0 aliphatic carbocycles. The lowest BCUT2D eigenvalue weighted by Crippen LogP contribution is -2.46. The average molecular weight is 274 g/mol. The maximum atomic E-state index is 11.7. The van der Waals surface area contributed by atoms with E-state index >= 15 is 0 Å². The van der Waals surface area contributed by atoms with Crippen LogP contribution in [0, 0.1) is 11.8 Å². The summed E-state index contributed by atoms with van der Waals surface area (Å²) < 4.78 is 0. The lowest BCUT2D eigenvalue weighted by molar-refractivity contribution is -0.142. The zero-order chi connectivity index (χ0) is 15.2. The van der Waals surface area contributed by atoms with Crippen LogP contribution in [0.15, 0.2) is 0 Å². The van der Waals surface area contributed by atoms with Gasteiger partial charge < -0.3 is 20.4 Å². The number of carboxylic acids is 1. The third-order valence-electron chi connectivity index (χ3n) is 2.58. The molecule has 112 valence electrons. The fourth-order valence-corrected chi connectivity index (χ4v) is 1.84. The van der Waals surface area contributed by atoms with Gasteiger partial charge in [0.1, 0.15) is 0 Å². The molecule has 0 radical (unpaired) electrons. The monoisotopic (exact) mass is 274 g/mol. The maximum absolute atomic E-state index is 11.7. The molecule has 0 heterocycles. The number of carbonyl (C=O) groups is 2. The Morgan fingerprint density at radius 3 is 2.21 bits per heavy atom. The second-order valence-corrected chi connectivity index (χ2v) is 6.02. The molecule has 6 nitrogen and oxygen atoms in total. The van der Waals surface area contributed by atoms with Crippen molar-refractivity contribution < 1.29 is 19.8 Å². The van der Waals surface area contributed by atoms with E-state index in [1.165, 1.54) is 4.90 Å². The molecule has 0 saturated heterocycles. The molecule has 0 bridgehead atoms. The van der Waals surface area contributed by atoms with Crippen LogP contribution in [0.5, 0.6) is 0 Å². The summed E-state index contributed by atoms with van der Waals surface area (Å²) in [6.45, 7) is 7.38. The molecule has 3 N–H and O–H groups in total. The number of urea groups is 1. The predicted molar refractivity (Wildman–Crippen MR) is 72.9 cm³/mol. The van der Waals surface area contributed by atoms with Crippen molar-refractivity contribution in [2.45, 2.75) is 39.7 Å². The van der Waals surface area contributed by atoms with Gasteiger partial charge in [-0.2, -0.15) is 0 Å². The Labute approximate surface area is 114 Å². The number of carbonyl (C=O) groups excluding carboxylic acids is 1. The molecule has 1 atom stereocenters. The van der Waals surface area contributed by atoms with Crippen LogP contribution in [-0.2, 0) is 4.79 Å². The van der Waals surface area contributed by atoms with E-state index in [4.69, 9.17) is 5.11 Å². The van der Waals surface area contributed by atoms with Crippen molar-refractivity contribution in [3.05, 3.63) is 0 Å². The largest absolute Gasteiger partial charge is 0.481 e. The first-order chi connectivity index (χ1) is 8.53. The van der Waals surface area contributed by atoms with E-state index in [0.717, 1.165) is 0 Å². The summed E-state index contributed by atoms with van der Waals surface area (Å²) in [4.78, 5) is 24.1. The van der Waals surface area contributed by atoms with Crippen molar-refractivity contribution in [1.29, 1.82) is 0 Å². The molecule has 0 fully saturated rings. The van der Waals surface area contributed by atoms with Gasteiger partial charge in [-0.15, -0.1) is 0 Å². The van der Waals surface area contributed by atoms with Gasteiger partial charge in [0.2, 0.25) is 0 Å². The number of hydrogen-bond acceptors (Lipinski definition) is 3. The molecular weight excluding hydrogens is 248 g/mol. The number of likely N-dealkylation sites (N-methyl/N-ethyl adjacent to an activating group) is 1. The van der Waals surface area contributed by atoms with E-state index in [2.05, 4.69) is 5.32 Å². The van der Waals surface area contributed by atoms with Gasteiger partial charge in [-0.05, 0) is 26.2 Å². The van der Waals surface area contributed by atoms with Crippen LogP contribution in [0.1, 0.15) is 34.1 Å². The summed E-state index contributed by atoms with van der Waals surface area (Å²) >= 11 is 0. The molecule has 0 saturated carbocycles. The Kier molecular flexibility index (Phi) is 6.83. The second kappa shape index (κ2) is 7.33. The Morgan fingerprint density at radius 2 is 1.84 bits per heavy atom. The van der Waals surface area contributed by atoms with Gasteiger partial charge in [-0.3, -0.25) is 4.79 Å². The van der Waals surface area contributed by atoms with E-state index in [9.17, 15) is 14.7 Å². The highest BCUT2D eigenvalue weighted by molar-refractivity contribution is 5.75. The molecule has 19 heavy (non-hydrogen) atoms. The standard InChI is InChI=1S/C13H26N2O4/c1-9(2)6-10(11(16)17)7-14-12(18)15(5)8-13(3,4)19/h9-10,19H,6-8H2,1-5H3,(H,14,18)(H,16,17). The van der Waals surface area contributed by atoms with Crippen molar-refractivity contribution in [3.8, 4) is 0 Å². The number of aliphatic carboxylic acids is 1. The van der Waals surface area contributed by atoms with Crippen molar-refractivity contribution in [1.82, 2.24) is 10.2 Å². The smallest absolute Gasteiger partial charge is 0.317 e. The summed E-state index contributed by atoms with van der Waals surface area (Å²) in [5, 5.41) is 21.2. The predicted octanol–water partition coefficient (Wildman–Crippen LogP) is 1.15. The van der Waals surface area contributed by atoms with E-state index in [0.29, 0.717) is 6.42 Å². The minimum Gasteiger partial charge on any atom is -0.481 e. The van der Waals surface area contributed by atoms with E-state index in [1.807, 2.05) is 13.8 Å². The topological polar surface area (TPSA) is 89.9 Å². The summed E-state index contributed by atoms with van der Waals surface area (Å²) in [5.41, 5.74) is -0.976.